The van der Waals surface area contributed by atoms with Crippen LogP contribution in [0, 0.1) is 24.4 Å². The van der Waals surface area contributed by atoms with E-state index in [1.807, 2.05) is 0 Å². The molecule has 0 aliphatic rings. The SMILES string of the molecule is Cc1cccc(C(=O)c2ccc(F)c(F)c2)c1F. The van der Waals surface area contributed by atoms with E-state index >= 15 is 0 Å². The molecule has 4 heteroatoms. The van der Waals surface area contributed by atoms with E-state index in [1.165, 1.54) is 25.1 Å². The van der Waals surface area contributed by atoms with Gasteiger partial charge in [-0.3, -0.25) is 4.79 Å². The van der Waals surface area contributed by atoms with E-state index in [2.05, 4.69) is 0 Å². The fraction of sp³-hybridized carbons (Fsp3) is 0.0714. The molecule has 18 heavy (non-hydrogen) atoms. The summed E-state index contributed by atoms with van der Waals surface area (Å²) in [6, 6.07) is 7.10. The molecule has 0 fully saturated rings. The Morgan fingerprint density at radius 2 is 1.72 bits per heavy atom. The highest BCUT2D eigenvalue weighted by Gasteiger charge is 2.16. The van der Waals surface area contributed by atoms with Gasteiger partial charge in [-0.1, -0.05) is 12.1 Å². The summed E-state index contributed by atoms with van der Waals surface area (Å²) in [5.41, 5.74) is 0.0860. The molecule has 2 aromatic carbocycles. The normalized spacial score (nSPS) is 10.4. The van der Waals surface area contributed by atoms with Crippen molar-refractivity contribution in [3.63, 3.8) is 0 Å². The Kier molecular flexibility index (Phi) is 3.19. The molecular weight excluding hydrogens is 241 g/mol. The number of rotatable bonds is 2. The van der Waals surface area contributed by atoms with Crippen molar-refractivity contribution in [2.24, 2.45) is 0 Å². The predicted octanol–water partition coefficient (Wildman–Crippen LogP) is 3.64. The van der Waals surface area contributed by atoms with Gasteiger partial charge in [-0.25, -0.2) is 13.2 Å². The quantitative estimate of drug-likeness (QED) is 0.743. The first-order chi connectivity index (χ1) is 8.50. The minimum atomic E-state index is -1.13. The van der Waals surface area contributed by atoms with Crippen molar-refractivity contribution < 1.29 is 18.0 Å². The van der Waals surface area contributed by atoms with Crippen LogP contribution in [0.2, 0.25) is 0 Å². The second-order valence-corrected chi connectivity index (χ2v) is 3.89. The Morgan fingerprint density at radius 3 is 2.39 bits per heavy atom. The second-order valence-electron chi connectivity index (χ2n) is 3.89. The molecule has 1 nitrogen and oxygen atoms in total. The summed E-state index contributed by atoms with van der Waals surface area (Å²) in [5.74, 6) is -3.49. The molecule has 0 spiro atoms. The maximum absolute atomic E-state index is 13.7. The van der Waals surface area contributed by atoms with E-state index in [4.69, 9.17) is 0 Å². The van der Waals surface area contributed by atoms with E-state index in [-0.39, 0.29) is 11.1 Å². The van der Waals surface area contributed by atoms with Crippen LogP contribution in [0.15, 0.2) is 36.4 Å². The Labute approximate surface area is 102 Å². The third kappa shape index (κ3) is 2.14. The molecule has 0 N–H and O–H groups in total. The predicted molar refractivity (Wildman–Crippen MR) is 60.9 cm³/mol. The first-order valence-corrected chi connectivity index (χ1v) is 5.25. The van der Waals surface area contributed by atoms with E-state index < -0.39 is 23.2 Å². The number of hydrogen-bond donors (Lipinski definition) is 0. The highest BCUT2D eigenvalue weighted by atomic mass is 19.2. The van der Waals surface area contributed by atoms with Gasteiger partial charge in [0.2, 0.25) is 0 Å². The number of ketones is 1. The van der Waals surface area contributed by atoms with E-state index in [0.717, 1.165) is 18.2 Å². The lowest BCUT2D eigenvalue weighted by Crippen LogP contribution is -2.06. The molecule has 0 aliphatic heterocycles. The molecule has 0 aromatic heterocycles. The summed E-state index contributed by atoms with van der Waals surface area (Å²) in [5, 5.41) is 0. The molecule has 0 radical (unpaired) electrons. The number of aryl methyl sites for hydroxylation is 1. The highest BCUT2D eigenvalue weighted by molar-refractivity contribution is 6.09. The fourth-order valence-corrected chi connectivity index (χ4v) is 1.62. The lowest BCUT2D eigenvalue weighted by molar-refractivity contribution is 0.103. The van der Waals surface area contributed by atoms with Gasteiger partial charge in [0, 0.05) is 5.56 Å². The van der Waals surface area contributed by atoms with Crippen molar-refractivity contribution in [2.75, 3.05) is 0 Å². The summed E-state index contributed by atoms with van der Waals surface area (Å²) < 4.78 is 39.5. The van der Waals surface area contributed by atoms with Gasteiger partial charge in [0.15, 0.2) is 17.4 Å². The topological polar surface area (TPSA) is 17.1 Å². The molecule has 0 saturated heterocycles. The van der Waals surface area contributed by atoms with Crippen LogP contribution in [0.25, 0.3) is 0 Å². The lowest BCUT2D eigenvalue weighted by atomic mass is 10.0. The van der Waals surface area contributed by atoms with Gasteiger partial charge in [-0.05, 0) is 36.8 Å². The first kappa shape index (κ1) is 12.4. The van der Waals surface area contributed by atoms with Gasteiger partial charge >= 0.3 is 0 Å². The van der Waals surface area contributed by atoms with Crippen molar-refractivity contribution in [1.82, 2.24) is 0 Å². The van der Waals surface area contributed by atoms with Gasteiger partial charge < -0.3 is 0 Å². The zero-order chi connectivity index (χ0) is 13.3. The van der Waals surface area contributed by atoms with E-state index in [0.29, 0.717) is 5.56 Å². The van der Waals surface area contributed by atoms with Crippen molar-refractivity contribution in [3.05, 3.63) is 70.5 Å². The minimum absolute atomic E-state index is 0.0848. The van der Waals surface area contributed by atoms with Crippen LogP contribution in [0.4, 0.5) is 13.2 Å². The van der Waals surface area contributed by atoms with Crippen molar-refractivity contribution in [3.8, 4) is 0 Å². The molecule has 2 aromatic rings. The van der Waals surface area contributed by atoms with E-state index in [9.17, 15) is 18.0 Å². The molecule has 0 saturated carbocycles. The number of carbonyl (C=O) groups is 1. The third-order valence-electron chi connectivity index (χ3n) is 2.62. The zero-order valence-corrected chi connectivity index (χ0v) is 9.51. The molecular formula is C14H9F3O. The average molecular weight is 250 g/mol. The summed E-state index contributed by atoms with van der Waals surface area (Å²) >= 11 is 0. The third-order valence-corrected chi connectivity index (χ3v) is 2.62. The molecule has 2 rings (SSSR count). The van der Waals surface area contributed by atoms with Crippen LogP contribution >= 0.6 is 0 Å². The Balaban J connectivity index is 2.48. The van der Waals surface area contributed by atoms with Gasteiger partial charge in [0.25, 0.3) is 0 Å². The summed E-state index contributed by atoms with van der Waals surface area (Å²) in [7, 11) is 0. The molecule has 0 amide bonds. The number of halogens is 3. The van der Waals surface area contributed by atoms with Crippen molar-refractivity contribution >= 4 is 5.78 Å². The van der Waals surface area contributed by atoms with Crippen LogP contribution in [0.5, 0.6) is 0 Å². The molecule has 92 valence electrons. The fourth-order valence-electron chi connectivity index (χ4n) is 1.62. The van der Waals surface area contributed by atoms with Crippen LogP contribution in [0.3, 0.4) is 0 Å². The summed E-state index contributed by atoms with van der Waals surface area (Å²) in [4.78, 5) is 12.0. The maximum Gasteiger partial charge on any atom is 0.196 e. The highest BCUT2D eigenvalue weighted by Crippen LogP contribution is 2.18. The Bertz CT molecular complexity index is 620. The van der Waals surface area contributed by atoms with Gasteiger partial charge in [0.1, 0.15) is 5.82 Å². The summed E-state index contributed by atoms with van der Waals surface area (Å²) in [6.07, 6.45) is 0. The van der Waals surface area contributed by atoms with Crippen LogP contribution in [-0.2, 0) is 0 Å². The van der Waals surface area contributed by atoms with Gasteiger partial charge in [-0.2, -0.15) is 0 Å². The second kappa shape index (κ2) is 4.64. The zero-order valence-electron chi connectivity index (χ0n) is 9.51. The molecule has 0 bridgehead atoms. The first-order valence-electron chi connectivity index (χ1n) is 5.25. The van der Waals surface area contributed by atoms with Crippen LogP contribution < -0.4 is 0 Å². The monoisotopic (exact) mass is 250 g/mol. The van der Waals surface area contributed by atoms with Crippen molar-refractivity contribution in [1.29, 1.82) is 0 Å². The van der Waals surface area contributed by atoms with Crippen molar-refractivity contribution in [2.45, 2.75) is 6.92 Å². The molecule has 0 atom stereocenters. The largest absolute Gasteiger partial charge is 0.288 e. The van der Waals surface area contributed by atoms with Crippen LogP contribution in [-0.4, -0.2) is 5.78 Å². The molecule has 0 heterocycles. The summed E-state index contributed by atoms with van der Waals surface area (Å²) in [6.45, 7) is 1.53. The lowest BCUT2D eigenvalue weighted by Gasteiger charge is -2.05. The number of carbonyl (C=O) groups excluding carboxylic acids is 1. The van der Waals surface area contributed by atoms with Gasteiger partial charge in [0.05, 0.1) is 5.56 Å². The van der Waals surface area contributed by atoms with E-state index in [1.54, 1.807) is 0 Å². The Hall–Kier alpha value is -2.10. The molecule has 0 aliphatic carbocycles. The molecule has 0 unspecified atom stereocenters. The number of benzene rings is 2. The number of hydrogen-bond acceptors (Lipinski definition) is 1. The average Bonchev–Trinajstić information content (AvgIpc) is 2.35. The minimum Gasteiger partial charge on any atom is -0.288 e. The Morgan fingerprint density at radius 1 is 1.00 bits per heavy atom. The standard InChI is InChI=1S/C14H9F3O/c1-8-3-2-4-10(13(8)17)14(18)9-5-6-11(15)12(16)7-9/h2-7H,1H3. The van der Waals surface area contributed by atoms with Crippen LogP contribution in [0.1, 0.15) is 21.5 Å². The van der Waals surface area contributed by atoms with Gasteiger partial charge in [-0.15, -0.1) is 0 Å². The maximum atomic E-state index is 13.7. The smallest absolute Gasteiger partial charge is 0.196 e.